The zero-order valence-electron chi connectivity index (χ0n) is 18.8. The van der Waals surface area contributed by atoms with Gasteiger partial charge in [0, 0.05) is 6.54 Å². The number of carboxylic acid groups (broad SMARTS) is 1. The number of benzene rings is 1. The van der Waals surface area contributed by atoms with Gasteiger partial charge < -0.3 is 37.2 Å². The summed E-state index contributed by atoms with van der Waals surface area (Å²) in [6.07, 6.45) is -1.06. The van der Waals surface area contributed by atoms with Crippen molar-refractivity contribution in [2.75, 3.05) is 6.54 Å². The smallest absolute Gasteiger partial charge is 0.326 e. The number of primary amides is 1. The lowest BCUT2D eigenvalue weighted by atomic mass is 10.0. The Kier molecular flexibility index (Phi) is 9.51. The number of amides is 4. The van der Waals surface area contributed by atoms with Crippen LogP contribution in [0.4, 0.5) is 0 Å². The first-order valence-electron chi connectivity index (χ1n) is 10.9. The number of nitrogens with zero attached hydrogens (tertiary/aromatic N) is 1. The highest BCUT2D eigenvalue weighted by atomic mass is 16.4. The van der Waals surface area contributed by atoms with Crippen molar-refractivity contribution in [3.63, 3.8) is 0 Å². The van der Waals surface area contributed by atoms with E-state index in [1.165, 1.54) is 6.92 Å². The summed E-state index contributed by atoms with van der Waals surface area (Å²) in [4.78, 5) is 62.4. The fourth-order valence-corrected chi connectivity index (χ4v) is 3.76. The van der Waals surface area contributed by atoms with Gasteiger partial charge in [-0.15, -0.1) is 0 Å². The van der Waals surface area contributed by atoms with E-state index in [1.54, 1.807) is 24.3 Å². The van der Waals surface area contributed by atoms with Gasteiger partial charge in [-0.05, 0) is 31.7 Å². The van der Waals surface area contributed by atoms with Crippen molar-refractivity contribution in [3.8, 4) is 0 Å². The maximum Gasteiger partial charge on any atom is 0.326 e. The van der Waals surface area contributed by atoms with E-state index in [2.05, 4.69) is 10.6 Å². The number of nitrogens with two attached hydrogens (primary N) is 2. The van der Waals surface area contributed by atoms with E-state index in [0.717, 1.165) is 10.5 Å². The topological polar surface area (TPSA) is 205 Å². The van der Waals surface area contributed by atoms with E-state index >= 15 is 0 Å². The third-order valence-corrected chi connectivity index (χ3v) is 5.54. The molecule has 34 heavy (non-hydrogen) atoms. The number of carbonyl (C=O) groups is 5. The molecular formula is C22H31N5O7. The lowest BCUT2D eigenvalue weighted by Gasteiger charge is -2.30. The van der Waals surface area contributed by atoms with Crippen LogP contribution < -0.4 is 22.1 Å². The Morgan fingerprint density at radius 2 is 1.76 bits per heavy atom. The second-order valence-electron chi connectivity index (χ2n) is 8.28. The number of carbonyl (C=O) groups excluding carboxylic acids is 4. The number of hydrogen-bond acceptors (Lipinski definition) is 7. The van der Waals surface area contributed by atoms with Gasteiger partial charge in [0.05, 0.1) is 18.6 Å². The molecule has 1 aliphatic heterocycles. The molecule has 8 N–H and O–H groups in total. The predicted octanol–water partition coefficient (Wildman–Crippen LogP) is -2.14. The minimum Gasteiger partial charge on any atom is -0.480 e. The largest absolute Gasteiger partial charge is 0.480 e. The number of carboxylic acids is 1. The summed E-state index contributed by atoms with van der Waals surface area (Å²) in [6, 6.07) is 3.90. The summed E-state index contributed by atoms with van der Waals surface area (Å²) in [5.41, 5.74) is 11.9. The van der Waals surface area contributed by atoms with Crippen molar-refractivity contribution in [3.05, 3.63) is 35.9 Å². The molecule has 1 saturated heterocycles. The number of aliphatic carboxylic acids is 1. The van der Waals surface area contributed by atoms with Crippen molar-refractivity contribution in [2.24, 2.45) is 11.5 Å². The molecule has 1 fully saturated rings. The number of hydrogen-bond donors (Lipinski definition) is 6. The zero-order valence-corrected chi connectivity index (χ0v) is 18.8. The number of likely N-dealkylation sites (tertiary alicyclic amines) is 1. The van der Waals surface area contributed by atoms with Crippen LogP contribution in [0.3, 0.4) is 0 Å². The summed E-state index contributed by atoms with van der Waals surface area (Å²) in [5, 5.41) is 24.1. The normalized spacial score (nSPS) is 18.9. The van der Waals surface area contributed by atoms with Gasteiger partial charge in [-0.3, -0.25) is 19.2 Å². The molecule has 12 nitrogen and oxygen atoms in total. The minimum atomic E-state index is -1.49. The maximum atomic E-state index is 12.9. The summed E-state index contributed by atoms with van der Waals surface area (Å²) >= 11 is 0. The van der Waals surface area contributed by atoms with Crippen LogP contribution in [0, 0.1) is 0 Å². The van der Waals surface area contributed by atoms with Gasteiger partial charge in [-0.25, -0.2) is 4.79 Å². The average molecular weight is 478 g/mol. The first-order chi connectivity index (χ1) is 16.0. The molecule has 4 amide bonds. The molecule has 0 aromatic heterocycles. The standard InChI is InChI=1S/C22H31N5O7/c1-12(28)18(21(32)27-9-5-8-16(27)22(33)34)26-20(31)15(11-17(24)29)25-19(30)14(23)10-13-6-3-2-4-7-13/h2-4,6-7,12,14-16,18,28H,5,8-11,23H2,1H3,(H2,24,29)(H,25,30)(H,26,31)(H,33,34). The molecule has 186 valence electrons. The van der Waals surface area contributed by atoms with E-state index in [4.69, 9.17) is 11.5 Å². The molecule has 5 atom stereocenters. The first kappa shape index (κ1) is 26.7. The highest BCUT2D eigenvalue weighted by Crippen LogP contribution is 2.19. The average Bonchev–Trinajstić information content (AvgIpc) is 3.27. The molecular weight excluding hydrogens is 446 g/mol. The lowest BCUT2D eigenvalue weighted by molar-refractivity contribution is -0.150. The van der Waals surface area contributed by atoms with Crippen molar-refractivity contribution >= 4 is 29.6 Å². The van der Waals surface area contributed by atoms with Gasteiger partial charge in [0.1, 0.15) is 18.1 Å². The highest BCUT2D eigenvalue weighted by molar-refractivity contribution is 5.96. The molecule has 1 heterocycles. The third kappa shape index (κ3) is 7.25. The molecule has 1 aliphatic rings. The molecule has 5 unspecified atom stereocenters. The Morgan fingerprint density at radius 1 is 1.12 bits per heavy atom. The molecule has 2 rings (SSSR count). The molecule has 1 aromatic carbocycles. The van der Waals surface area contributed by atoms with Gasteiger partial charge in [-0.2, -0.15) is 0 Å². The van der Waals surface area contributed by atoms with Crippen molar-refractivity contribution in [1.82, 2.24) is 15.5 Å². The Balaban J connectivity index is 2.11. The maximum absolute atomic E-state index is 12.9. The monoisotopic (exact) mass is 477 g/mol. The van der Waals surface area contributed by atoms with E-state index in [1.807, 2.05) is 6.07 Å². The van der Waals surface area contributed by atoms with Crippen LogP contribution in [0.25, 0.3) is 0 Å². The second kappa shape index (κ2) is 12.1. The molecule has 0 saturated carbocycles. The predicted molar refractivity (Wildman–Crippen MR) is 120 cm³/mol. The highest BCUT2D eigenvalue weighted by Gasteiger charge is 2.40. The first-order valence-corrected chi connectivity index (χ1v) is 10.9. The lowest BCUT2D eigenvalue weighted by Crippen LogP contribution is -2.60. The molecule has 0 bridgehead atoms. The molecule has 0 spiro atoms. The fraction of sp³-hybridized carbons (Fsp3) is 0.500. The number of nitrogens with one attached hydrogen (secondary N) is 2. The number of aliphatic hydroxyl groups is 1. The van der Waals surface area contributed by atoms with Crippen LogP contribution in [0.5, 0.6) is 0 Å². The van der Waals surface area contributed by atoms with Gasteiger partial charge in [0.2, 0.25) is 23.6 Å². The van der Waals surface area contributed by atoms with Crippen molar-refractivity contribution in [1.29, 1.82) is 0 Å². The minimum absolute atomic E-state index is 0.157. The summed E-state index contributed by atoms with van der Waals surface area (Å²) < 4.78 is 0. The van der Waals surface area contributed by atoms with Crippen LogP contribution in [0.1, 0.15) is 31.7 Å². The van der Waals surface area contributed by atoms with Gasteiger partial charge >= 0.3 is 5.97 Å². The van der Waals surface area contributed by atoms with Crippen LogP contribution in [0.15, 0.2) is 30.3 Å². The number of rotatable bonds is 11. The SMILES string of the molecule is CC(O)C(NC(=O)C(CC(N)=O)NC(=O)C(N)Cc1ccccc1)C(=O)N1CCCC1C(=O)O. The number of aliphatic hydroxyl groups excluding tert-OH is 1. The van der Waals surface area contributed by atoms with Crippen LogP contribution in [-0.4, -0.2) is 81.5 Å². The second-order valence-corrected chi connectivity index (χ2v) is 8.28. The van der Waals surface area contributed by atoms with Crippen LogP contribution >= 0.6 is 0 Å². The van der Waals surface area contributed by atoms with Gasteiger partial charge in [0.25, 0.3) is 0 Å². The molecule has 1 aromatic rings. The quantitative estimate of drug-likeness (QED) is 0.207. The summed E-state index contributed by atoms with van der Waals surface area (Å²) in [7, 11) is 0. The van der Waals surface area contributed by atoms with Crippen LogP contribution in [-0.2, 0) is 30.4 Å². The van der Waals surface area contributed by atoms with E-state index < -0.39 is 66.3 Å². The van der Waals surface area contributed by atoms with Crippen molar-refractivity contribution < 1.29 is 34.2 Å². The van der Waals surface area contributed by atoms with E-state index in [-0.39, 0.29) is 19.4 Å². The zero-order chi connectivity index (χ0) is 25.4. The van der Waals surface area contributed by atoms with Gasteiger partial charge in [-0.1, -0.05) is 30.3 Å². The van der Waals surface area contributed by atoms with E-state index in [0.29, 0.717) is 6.42 Å². The molecule has 12 heteroatoms. The van der Waals surface area contributed by atoms with Gasteiger partial charge in [0.15, 0.2) is 0 Å². The summed E-state index contributed by atoms with van der Waals surface area (Å²) in [5.74, 6) is -4.51. The third-order valence-electron chi connectivity index (χ3n) is 5.54. The fourth-order valence-electron chi connectivity index (χ4n) is 3.76. The Bertz CT molecular complexity index is 908. The summed E-state index contributed by atoms with van der Waals surface area (Å²) in [6.45, 7) is 1.41. The van der Waals surface area contributed by atoms with E-state index in [9.17, 15) is 34.2 Å². The van der Waals surface area contributed by atoms with Crippen LogP contribution in [0.2, 0.25) is 0 Å². The Hall–Kier alpha value is -3.51. The van der Waals surface area contributed by atoms with Crippen molar-refractivity contribution in [2.45, 2.75) is 62.9 Å². The Morgan fingerprint density at radius 3 is 2.32 bits per heavy atom. The Labute approximate surface area is 196 Å². The molecule has 0 radical (unpaired) electrons. The molecule has 0 aliphatic carbocycles.